The van der Waals surface area contributed by atoms with Crippen LogP contribution in [0.5, 0.6) is 11.5 Å². The van der Waals surface area contributed by atoms with Crippen molar-refractivity contribution < 1.29 is 14.3 Å². The third-order valence-corrected chi connectivity index (χ3v) is 9.15. The third-order valence-electron chi connectivity index (χ3n) is 4.10. The summed E-state index contributed by atoms with van der Waals surface area (Å²) in [6.45, 7) is 12.9. The maximum Gasteiger partial charge on any atom is 0.250 e. The number of benzene rings is 1. The van der Waals surface area contributed by atoms with E-state index in [0.29, 0.717) is 5.75 Å². The number of rotatable bonds is 4. The zero-order valence-corrected chi connectivity index (χ0v) is 16.0. The summed E-state index contributed by atoms with van der Waals surface area (Å²) in [6, 6.07) is 1.90. The van der Waals surface area contributed by atoms with Gasteiger partial charge < -0.3 is 14.3 Å². The fourth-order valence-corrected chi connectivity index (χ4v) is 3.36. The van der Waals surface area contributed by atoms with Crippen LogP contribution in [0, 0.1) is 6.92 Å². The molecule has 0 aliphatic heterocycles. The number of hydrogen-bond acceptors (Lipinski definition) is 3. The first-order chi connectivity index (χ1) is 9.05. The summed E-state index contributed by atoms with van der Waals surface area (Å²) in [5.41, 5.74) is 1.75. The van der Waals surface area contributed by atoms with Crippen LogP contribution in [-0.2, 0) is 6.61 Å². The molecule has 0 bridgehead atoms. The van der Waals surface area contributed by atoms with Gasteiger partial charge in [-0.05, 0) is 36.7 Å². The van der Waals surface area contributed by atoms with E-state index in [-0.39, 0.29) is 11.6 Å². The van der Waals surface area contributed by atoms with Crippen molar-refractivity contribution >= 4 is 24.2 Å². The second-order valence-corrected chi connectivity index (χ2v) is 12.1. The van der Waals surface area contributed by atoms with Crippen molar-refractivity contribution in [3.63, 3.8) is 0 Å². The van der Waals surface area contributed by atoms with Gasteiger partial charge in [0.25, 0.3) is 8.32 Å². The first-order valence-corrected chi connectivity index (χ1v) is 10.4. The van der Waals surface area contributed by atoms with E-state index >= 15 is 0 Å². The average molecular weight is 361 g/mol. The van der Waals surface area contributed by atoms with Crippen molar-refractivity contribution in [3.05, 3.63) is 21.7 Å². The van der Waals surface area contributed by atoms with Crippen LogP contribution in [-0.4, -0.2) is 20.5 Å². The van der Waals surface area contributed by atoms with Gasteiger partial charge in [0.15, 0.2) is 5.75 Å². The summed E-state index contributed by atoms with van der Waals surface area (Å²) in [4.78, 5) is 0. The summed E-state index contributed by atoms with van der Waals surface area (Å²) in [7, 11) is -0.295. The Bertz CT molecular complexity index is 493. The van der Waals surface area contributed by atoms with Gasteiger partial charge in [0, 0.05) is 10.0 Å². The minimum Gasteiger partial charge on any atom is -0.541 e. The Balaban J connectivity index is 3.33. The van der Waals surface area contributed by atoms with Crippen molar-refractivity contribution in [2.75, 3.05) is 7.11 Å². The molecule has 1 N–H and O–H groups in total. The van der Waals surface area contributed by atoms with Crippen molar-refractivity contribution in [1.29, 1.82) is 0 Å². The molecule has 0 fully saturated rings. The lowest BCUT2D eigenvalue weighted by Crippen LogP contribution is -2.44. The molecule has 0 radical (unpaired) electrons. The minimum atomic E-state index is -1.93. The molecule has 0 spiro atoms. The normalized spacial score (nSPS) is 12.4. The van der Waals surface area contributed by atoms with Gasteiger partial charge in [-0.2, -0.15) is 0 Å². The summed E-state index contributed by atoms with van der Waals surface area (Å²) in [5.74, 6) is 1.46. The van der Waals surface area contributed by atoms with E-state index in [1.807, 2.05) is 13.0 Å². The number of methoxy groups -OCH3 is 1. The Labute approximate surface area is 131 Å². The molecule has 0 unspecified atom stereocenters. The summed E-state index contributed by atoms with van der Waals surface area (Å²) < 4.78 is 12.7. The molecule has 0 atom stereocenters. The molecule has 20 heavy (non-hydrogen) atoms. The highest BCUT2D eigenvalue weighted by atomic mass is 79.9. The van der Waals surface area contributed by atoms with Gasteiger partial charge in [0.2, 0.25) is 0 Å². The van der Waals surface area contributed by atoms with E-state index in [1.54, 1.807) is 7.11 Å². The first kappa shape index (κ1) is 17.5. The Kier molecular flexibility index (Phi) is 5.33. The van der Waals surface area contributed by atoms with Crippen LogP contribution in [0.1, 0.15) is 31.9 Å². The van der Waals surface area contributed by atoms with Gasteiger partial charge in [-0.1, -0.05) is 36.7 Å². The molecular weight excluding hydrogens is 336 g/mol. The Morgan fingerprint density at radius 3 is 2.25 bits per heavy atom. The average Bonchev–Trinajstić information content (AvgIpc) is 2.27. The van der Waals surface area contributed by atoms with Crippen LogP contribution >= 0.6 is 15.9 Å². The van der Waals surface area contributed by atoms with E-state index in [2.05, 4.69) is 49.8 Å². The van der Waals surface area contributed by atoms with E-state index in [0.717, 1.165) is 21.3 Å². The fraction of sp³-hybridized carbons (Fsp3) is 0.600. The zero-order chi connectivity index (χ0) is 15.7. The van der Waals surface area contributed by atoms with Gasteiger partial charge >= 0.3 is 0 Å². The summed E-state index contributed by atoms with van der Waals surface area (Å²) in [6.07, 6.45) is 0. The molecule has 5 heteroatoms. The lowest BCUT2D eigenvalue weighted by atomic mass is 10.1. The molecule has 1 rings (SSSR count). The van der Waals surface area contributed by atoms with Crippen molar-refractivity contribution in [1.82, 2.24) is 0 Å². The summed E-state index contributed by atoms with van der Waals surface area (Å²) in [5, 5.41) is 9.57. The third kappa shape index (κ3) is 3.38. The van der Waals surface area contributed by atoms with Crippen molar-refractivity contribution in [2.45, 2.75) is 52.4 Å². The maximum atomic E-state index is 9.45. The second kappa shape index (κ2) is 6.08. The highest BCUT2D eigenvalue weighted by molar-refractivity contribution is 9.10. The number of ether oxygens (including phenoxy) is 1. The van der Waals surface area contributed by atoms with Gasteiger partial charge in [-0.3, -0.25) is 0 Å². The van der Waals surface area contributed by atoms with Crippen molar-refractivity contribution in [3.8, 4) is 11.5 Å². The SMILES string of the molecule is COc1c(O[Si](C)(C)C(C)(C)C)cc(Br)c(CO)c1C. The Hall–Kier alpha value is -0.523. The van der Waals surface area contributed by atoms with Crippen LogP contribution in [0.3, 0.4) is 0 Å². The monoisotopic (exact) mass is 360 g/mol. The standard InChI is InChI=1S/C15H25BrO3Si/c1-10-11(9-17)12(16)8-13(14(10)18-5)19-20(6,7)15(2,3)4/h8,17H,9H2,1-7H3. The van der Waals surface area contributed by atoms with Crippen LogP contribution in [0.15, 0.2) is 10.5 Å². The summed E-state index contributed by atoms with van der Waals surface area (Å²) >= 11 is 3.50. The smallest absolute Gasteiger partial charge is 0.250 e. The molecule has 0 aromatic heterocycles. The van der Waals surface area contributed by atoms with Crippen LogP contribution in [0.25, 0.3) is 0 Å². The molecule has 0 aliphatic carbocycles. The lowest BCUT2D eigenvalue weighted by molar-refractivity contribution is 0.278. The molecule has 0 heterocycles. The van der Waals surface area contributed by atoms with Gasteiger partial charge in [-0.25, -0.2) is 0 Å². The van der Waals surface area contributed by atoms with Crippen LogP contribution < -0.4 is 9.16 Å². The highest BCUT2D eigenvalue weighted by Gasteiger charge is 2.39. The Morgan fingerprint density at radius 2 is 1.85 bits per heavy atom. The van der Waals surface area contributed by atoms with Crippen LogP contribution in [0.4, 0.5) is 0 Å². The molecule has 0 amide bonds. The lowest BCUT2D eigenvalue weighted by Gasteiger charge is -2.37. The quantitative estimate of drug-likeness (QED) is 0.794. The largest absolute Gasteiger partial charge is 0.541 e. The van der Waals surface area contributed by atoms with Gasteiger partial charge in [0.05, 0.1) is 13.7 Å². The highest BCUT2D eigenvalue weighted by Crippen LogP contribution is 2.43. The van der Waals surface area contributed by atoms with E-state index in [9.17, 15) is 5.11 Å². The van der Waals surface area contributed by atoms with E-state index in [1.165, 1.54) is 0 Å². The number of aliphatic hydroxyl groups is 1. The molecular formula is C15H25BrO3Si. The number of halogens is 1. The van der Waals surface area contributed by atoms with Crippen LogP contribution in [0.2, 0.25) is 18.1 Å². The van der Waals surface area contributed by atoms with Gasteiger partial charge in [-0.15, -0.1) is 0 Å². The Morgan fingerprint density at radius 1 is 1.30 bits per heavy atom. The first-order valence-electron chi connectivity index (χ1n) is 6.71. The second-order valence-electron chi connectivity index (χ2n) is 6.51. The van der Waals surface area contributed by atoms with E-state index < -0.39 is 8.32 Å². The molecule has 0 saturated carbocycles. The van der Waals surface area contributed by atoms with Gasteiger partial charge in [0.1, 0.15) is 5.75 Å². The molecule has 0 saturated heterocycles. The molecule has 1 aromatic carbocycles. The maximum absolute atomic E-state index is 9.45. The predicted molar refractivity (Wildman–Crippen MR) is 89.2 cm³/mol. The molecule has 3 nitrogen and oxygen atoms in total. The molecule has 0 aliphatic rings. The number of hydrogen-bond donors (Lipinski definition) is 1. The minimum absolute atomic E-state index is 0.0247. The number of aliphatic hydroxyl groups excluding tert-OH is 1. The zero-order valence-electron chi connectivity index (χ0n) is 13.4. The predicted octanol–water partition coefficient (Wildman–Crippen LogP) is 4.64. The van der Waals surface area contributed by atoms with Crippen molar-refractivity contribution in [2.24, 2.45) is 0 Å². The molecule has 1 aromatic rings. The molecule has 114 valence electrons. The topological polar surface area (TPSA) is 38.7 Å². The van der Waals surface area contributed by atoms with E-state index in [4.69, 9.17) is 9.16 Å². The fourth-order valence-electron chi connectivity index (χ4n) is 1.72.